The minimum Gasteiger partial charge on any atom is -0.372 e. The molecule has 1 aliphatic carbocycles. The van der Waals surface area contributed by atoms with E-state index < -0.39 is 17.6 Å². The zero-order chi connectivity index (χ0) is 26.2. The summed E-state index contributed by atoms with van der Waals surface area (Å²) in [6.07, 6.45) is 1.17. The van der Waals surface area contributed by atoms with Crippen LogP contribution in [0, 0.1) is 0 Å². The highest BCUT2D eigenvalue weighted by molar-refractivity contribution is 6.30. The van der Waals surface area contributed by atoms with Crippen molar-refractivity contribution in [2.45, 2.75) is 44.5 Å². The minimum atomic E-state index is -1.85. The molecule has 1 atom stereocenters. The molecule has 190 valence electrons. The van der Waals surface area contributed by atoms with E-state index in [0.29, 0.717) is 42.1 Å². The van der Waals surface area contributed by atoms with Gasteiger partial charge < -0.3 is 20.6 Å². The number of carbonyl (C=O) groups excluding carboxylic acids is 3. The molecule has 3 N–H and O–H groups in total. The largest absolute Gasteiger partial charge is 0.372 e. The lowest BCUT2D eigenvalue weighted by Crippen LogP contribution is -2.52. The molecule has 0 radical (unpaired) electrons. The van der Waals surface area contributed by atoms with Crippen molar-refractivity contribution in [1.82, 2.24) is 15.5 Å². The van der Waals surface area contributed by atoms with Gasteiger partial charge in [-0.05, 0) is 47.2 Å². The van der Waals surface area contributed by atoms with E-state index in [4.69, 9.17) is 11.6 Å². The van der Waals surface area contributed by atoms with Gasteiger partial charge in [0.2, 0.25) is 11.8 Å². The summed E-state index contributed by atoms with van der Waals surface area (Å²) in [4.78, 5) is 40.2. The van der Waals surface area contributed by atoms with E-state index in [1.54, 1.807) is 36.4 Å². The van der Waals surface area contributed by atoms with Crippen molar-refractivity contribution in [1.29, 1.82) is 0 Å². The summed E-state index contributed by atoms with van der Waals surface area (Å²) in [7, 11) is 0. The highest BCUT2D eigenvalue weighted by Gasteiger charge is 2.52. The van der Waals surface area contributed by atoms with E-state index in [1.807, 2.05) is 30.3 Å². The Labute approximate surface area is 220 Å². The number of nitrogens with one attached hydrogen (secondary N) is 2. The van der Waals surface area contributed by atoms with Crippen LogP contribution in [-0.2, 0) is 33.1 Å². The number of nitrogens with zero attached hydrogens (tertiary/aromatic N) is 1. The molecular formula is C29H28ClN3O4. The van der Waals surface area contributed by atoms with Crippen LogP contribution in [0.4, 0.5) is 0 Å². The lowest BCUT2D eigenvalue weighted by atomic mass is 9.89. The van der Waals surface area contributed by atoms with Gasteiger partial charge in [-0.2, -0.15) is 0 Å². The predicted molar refractivity (Wildman–Crippen MR) is 140 cm³/mol. The van der Waals surface area contributed by atoms with Gasteiger partial charge in [-0.1, -0.05) is 66.2 Å². The third kappa shape index (κ3) is 4.49. The maximum Gasteiger partial charge on any atom is 0.264 e. The van der Waals surface area contributed by atoms with Crippen LogP contribution in [0.5, 0.6) is 0 Å². The molecule has 8 heteroatoms. The van der Waals surface area contributed by atoms with Crippen LogP contribution >= 0.6 is 11.6 Å². The van der Waals surface area contributed by atoms with Gasteiger partial charge in [-0.25, -0.2) is 0 Å². The summed E-state index contributed by atoms with van der Waals surface area (Å²) in [5.74, 6) is -0.936. The Hall–Kier alpha value is -3.68. The molecule has 5 rings (SSSR count). The second-order valence-corrected chi connectivity index (χ2v) is 9.94. The van der Waals surface area contributed by atoms with Crippen molar-refractivity contribution in [2.75, 3.05) is 6.54 Å². The van der Waals surface area contributed by atoms with Crippen LogP contribution in [0.2, 0.25) is 5.02 Å². The van der Waals surface area contributed by atoms with E-state index in [9.17, 15) is 19.5 Å². The lowest BCUT2D eigenvalue weighted by molar-refractivity contribution is -0.151. The molecule has 0 unspecified atom stereocenters. The number of hydrogen-bond acceptors (Lipinski definition) is 4. The van der Waals surface area contributed by atoms with Gasteiger partial charge >= 0.3 is 0 Å². The number of likely N-dealkylation sites (tertiary alicyclic amines) is 1. The Balaban J connectivity index is 1.37. The lowest BCUT2D eigenvalue weighted by Gasteiger charge is -2.33. The van der Waals surface area contributed by atoms with Crippen LogP contribution in [0.15, 0.2) is 66.7 Å². The fourth-order valence-electron chi connectivity index (χ4n) is 5.38. The van der Waals surface area contributed by atoms with Gasteiger partial charge in [0.05, 0.1) is 0 Å². The normalized spacial score (nSPS) is 17.2. The molecule has 1 aliphatic heterocycles. The van der Waals surface area contributed by atoms with Crippen molar-refractivity contribution in [3.8, 4) is 11.1 Å². The fraction of sp³-hybridized carbons (Fsp3) is 0.276. The van der Waals surface area contributed by atoms with Gasteiger partial charge in [0, 0.05) is 42.7 Å². The second kappa shape index (κ2) is 10.00. The third-order valence-electron chi connectivity index (χ3n) is 7.20. The molecule has 1 saturated heterocycles. The molecular weight excluding hydrogens is 490 g/mol. The number of fused-ring (bicyclic) bond motifs is 3. The molecule has 7 nitrogen and oxygen atoms in total. The van der Waals surface area contributed by atoms with E-state index in [0.717, 1.165) is 22.3 Å². The Kier molecular flexibility index (Phi) is 6.75. The predicted octanol–water partition coefficient (Wildman–Crippen LogP) is 3.50. The number of halogens is 1. The molecule has 1 heterocycles. The first kappa shape index (κ1) is 25.0. The number of benzene rings is 3. The van der Waals surface area contributed by atoms with Gasteiger partial charge in [0.15, 0.2) is 5.60 Å². The monoisotopic (exact) mass is 517 g/mol. The molecule has 37 heavy (non-hydrogen) atoms. The standard InChI is InChI=1S/C29H28ClN3O4/c1-18(34)31-16-19-12-13-21(30)15-20(19)17-32-27(35)26-11-6-14-33(26)28(36)29(37)24-9-4-2-7-22(24)23-8-3-5-10-25(23)29/h2-5,7-10,12-13,15,26,37H,6,11,14,16-17H2,1H3,(H,31,34)(H,32,35)/t26-/m0/s1. The molecule has 0 spiro atoms. The minimum absolute atomic E-state index is 0.155. The quantitative estimate of drug-likeness (QED) is 0.466. The van der Waals surface area contributed by atoms with Crippen molar-refractivity contribution in [2.24, 2.45) is 0 Å². The maximum atomic E-state index is 14.0. The molecule has 3 amide bonds. The fourth-order valence-corrected chi connectivity index (χ4v) is 5.58. The summed E-state index contributed by atoms with van der Waals surface area (Å²) in [5.41, 5.74) is 2.48. The molecule has 3 aromatic rings. The average molecular weight is 518 g/mol. The maximum absolute atomic E-state index is 14.0. The summed E-state index contributed by atoms with van der Waals surface area (Å²) in [5, 5.41) is 18.2. The van der Waals surface area contributed by atoms with E-state index in [-0.39, 0.29) is 18.4 Å². The van der Waals surface area contributed by atoms with Crippen molar-refractivity contribution >= 4 is 29.3 Å². The summed E-state index contributed by atoms with van der Waals surface area (Å²) >= 11 is 6.18. The van der Waals surface area contributed by atoms with Gasteiger partial charge in [0.1, 0.15) is 6.04 Å². The number of aliphatic hydroxyl groups is 1. The molecule has 0 bridgehead atoms. The summed E-state index contributed by atoms with van der Waals surface area (Å²) in [6, 6.07) is 19.3. The highest BCUT2D eigenvalue weighted by atomic mass is 35.5. The SMILES string of the molecule is CC(=O)NCc1ccc(Cl)cc1CNC(=O)[C@@H]1CCCN1C(=O)C1(O)c2ccccc2-c2ccccc21. The first-order chi connectivity index (χ1) is 17.8. The topological polar surface area (TPSA) is 98.7 Å². The molecule has 3 aromatic carbocycles. The first-order valence-electron chi connectivity index (χ1n) is 12.3. The Morgan fingerprint density at radius 1 is 0.946 bits per heavy atom. The number of rotatable bonds is 6. The number of hydrogen-bond donors (Lipinski definition) is 3. The average Bonchev–Trinajstić information content (AvgIpc) is 3.49. The van der Waals surface area contributed by atoms with Gasteiger partial charge in [-0.15, -0.1) is 0 Å². The number of carbonyl (C=O) groups is 3. The third-order valence-corrected chi connectivity index (χ3v) is 7.43. The van der Waals surface area contributed by atoms with Crippen LogP contribution in [0.3, 0.4) is 0 Å². The Morgan fingerprint density at radius 2 is 1.57 bits per heavy atom. The van der Waals surface area contributed by atoms with Crippen molar-refractivity contribution in [3.05, 3.63) is 94.0 Å². The van der Waals surface area contributed by atoms with Crippen molar-refractivity contribution in [3.63, 3.8) is 0 Å². The van der Waals surface area contributed by atoms with Crippen LogP contribution in [0.1, 0.15) is 42.0 Å². The Bertz CT molecular complexity index is 1340. The zero-order valence-corrected chi connectivity index (χ0v) is 21.2. The summed E-state index contributed by atoms with van der Waals surface area (Å²) < 4.78 is 0. The van der Waals surface area contributed by atoms with E-state index in [1.165, 1.54) is 11.8 Å². The van der Waals surface area contributed by atoms with Crippen LogP contribution < -0.4 is 10.6 Å². The van der Waals surface area contributed by atoms with Crippen molar-refractivity contribution < 1.29 is 19.5 Å². The Morgan fingerprint density at radius 3 is 2.22 bits per heavy atom. The van der Waals surface area contributed by atoms with Crippen LogP contribution in [-0.4, -0.2) is 40.3 Å². The second-order valence-electron chi connectivity index (χ2n) is 9.50. The van der Waals surface area contributed by atoms with E-state index >= 15 is 0 Å². The van der Waals surface area contributed by atoms with Crippen LogP contribution in [0.25, 0.3) is 11.1 Å². The molecule has 0 saturated carbocycles. The highest BCUT2D eigenvalue weighted by Crippen LogP contribution is 2.48. The zero-order valence-electron chi connectivity index (χ0n) is 20.5. The molecule has 2 aliphatic rings. The number of amides is 3. The molecule has 1 fully saturated rings. The summed E-state index contributed by atoms with van der Waals surface area (Å²) in [6.45, 7) is 2.34. The van der Waals surface area contributed by atoms with E-state index in [2.05, 4.69) is 10.6 Å². The molecule has 0 aromatic heterocycles. The smallest absolute Gasteiger partial charge is 0.264 e. The van der Waals surface area contributed by atoms with Gasteiger partial charge in [-0.3, -0.25) is 14.4 Å². The first-order valence-corrected chi connectivity index (χ1v) is 12.7. The van der Waals surface area contributed by atoms with Gasteiger partial charge in [0.25, 0.3) is 5.91 Å².